The Kier molecular flexibility index (Phi) is 5.21. The van der Waals surface area contributed by atoms with E-state index in [1.165, 1.54) is 0 Å². The molecule has 1 fully saturated rings. The van der Waals surface area contributed by atoms with Crippen LogP contribution in [-0.2, 0) is 10.0 Å². The van der Waals surface area contributed by atoms with Gasteiger partial charge in [0.1, 0.15) is 0 Å². The highest BCUT2D eigenvalue weighted by Gasteiger charge is 2.34. The maximum absolute atomic E-state index is 12.2. The van der Waals surface area contributed by atoms with Crippen molar-refractivity contribution in [2.24, 2.45) is 5.92 Å². The molecule has 1 aliphatic rings. The minimum Gasteiger partial charge on any atom is -0.318 e. The second kappa shape index (κ2) is 5.98. The van der Waals surface area contributed by atoms with Crippen LogP contribution in [0.15, 0.2) is 0 Å². The van der Waals surface area contributed by atoms with E-state index in [2.05, 4.69) is 12.2 Å². The van der Waals surface area contributed by atoms with E-state index >= 15 is 0 Å². The number of nitrogens with zero attached hydrogens (tertiary/aromatic N) is 1. The topological polar surface area (TPSA) is 49.4 Å². The van der Waals surface area contributed by atoms with Gasteiger partial charge >= 0.3 is 0 Å². The molecule has 0 aromatic rings. The summed E-state index contributed by atoms with van der Waals surface area (Å²) in [7, 11) is -1.29. The number of hydrogen-bond acceptors (Lipinski definition) is 3. The Labute approximate surface area is 99.5 Å². The fourth-order valence-electron chi connectivity index (χ4n) is 2.32. The third-order valence-corrected chi connectivity index (χ3v) is 5.54. The summed E-state index contributed by atoms with van der Waals surface area (Å²) in [5.74, 6) is 0.571. The lowest BCUT2D eigenvalue weighted by Crippen LogP contribution is -2.40. The van der Waals surface area contributed by atoms with Crippen LogP contribution in [0.2, 0.25) is 0 Å². The van der Waals surface area contributed by atoms with Crippen molar-refractivity contribution in [3.05, 3.63) is 0 Å². The monoisotopic (exact) mass is 248 g/mol. The molecule has 1 aliphatic heterocycles. The van der Waals surface area contributed by atoms with Crippen molar-refractivity contribution >= 4 is 10.0 Å². The Hall–Kier alpha value is -0.130. The second-order valence-electron chi connectivity index (χ2n) is 4.71. The lowest BCUT2D eigenvalue weighted by atomic mass is 10.0. The lowest BCUT2D eigenvalue weighted by Gasteiger charge is -2.21. The molecule has 0 saturated carbocycles. The maximum atomic E-state index is 12.2. The SMILES string of the molecule is CCCC1CCN(S(=O)(=O)C(C)CNC)C1. The van der Waals surface area contributed by atoms with E-state index in [4.69, 9.17) is 0 Å². The van der Waals surface area contributed by atoms with Crippen molar-refractivity contribution in [2.75, 3.05) is 26.7 Å². The van der Waals surface area contributed by atoms with Crippen LogP contribution in [0.3, 0.4) is 0 Å². The minimum atomic E-state index is -3.08. The van der Waals surface area contributed by atoms with E-state index in [-0.39, 0.29) is 5.25 Å². The van der Waals surface area contributed by atoms with E-state index < -0.39 is 10.0 Å². The number of nitrogens with one attached hydrogen (secondary N) is 1. The average Bonchev–Trinajstić information content (AvgIpc) is 2.68. The van der Waals surface area contributed by atoms with Gasteiger partial charge in [-0.1, -0.05) is 13.3 Å². The quantitative estimate of drug-likeness (QED) is 0.764. The first-order chi connectivity index (χ1) is 7.52. The van der Waals surface area contributed by atoms with Gasteiger partial charge in [-0.05, 0) is 32.7 Å². The molecule has 1 rings (SSSR count). The molecule has 96 valence electrons. The third-order valence-electron chi connectivity index (χ3n) is 3.31. The van der Waals surface area contributed by atoms with Gasteiger partial charge < -0.3 is 5.32 Å². The number of rotatable bonds is 6. The molecule has 0 aromatic carbocycles. The summed E-state index contributed by atoms with van der Waals surface area (Å²) >= 11 is 0. The van der Waals surface area contributed by atoms with Gasteiger partial charge in [-0.15, -0.1) is 0 Å². The molecule has 0 amide bonds. The fraction of sp³-hybridized carbons (Fsp3) is 1.00. The van der Waals surface area contributed by atoms with Gasteiger partial charge in [0.15, 0.2) is 0 Å². The Morgan fingerprint density at radius 3 is 2.75 bits per heavy atom. The molecule has 1 heterocycles. The van der Waals surface area contributed by atoms with Gasteiger partial charge in [0.05, 0.1) is 5.25 Å². The Morgan fingerprint density at radius 2 is 2.19 bits per heavy atom. The molecule has 0 spiro atoms. The van der Waals surface area contributed by atoms with Gasteiger partial charge in [-0.2, -0.15) is 0 Å². The first kappa shape index (κ1) is 13.9. The van der Waals surface area contributed by atoms with E-state index in [0.29, 0.717) is 19.0 Å². The summed E-state index contributed by atoms with van der Waals surface area (Å²) in [6.07, 6.45) is 3.32. The largest absolute Gasteiger partial charge is 0.318 e. The van der Waals surface area contributed by atoms with Crippen LogP contribution >= 0.6 is 0 Å². The van der Waals surface area contributed by atoms with Crippen LogP contribution in [0.4, 0.5) is 0 Å². The van der Waals surface area contributed by atoms with Crippen LogP contribution in [0, 0.1) is 5.92 Å². The zero-order valence-corrected chi connectivity index (χ0v) is 11.4. The average molecular weight is 248 g/mol. The van der Waals surface area contributed by atoms with Gasteiger partial charge in [-0.25, -0.2) is 12.7 Å². The third kappa shape index (κ3) is 3.18. The molecule has 0 aromatic heterocycles. The maximum Gasteiger partial charge on any atom is 0.217 e. The molecule has 4 nitrogen and oxygen atoms in total. The second-order valence-corrected chi connectivity index (χ2v) is 7.07. The molecule has 2 unspecified atom stereocenters. The summed E-state index contributed by atoms with van der Waals surface area (Å²) in [6.45, 7) is 5.89. The molecule has 1 N–H and O–H groups in total. The van der Waals surface area contributed by atoms with Crippen molar-refractivity contribution in [3.8, 4) is 0 Å². The van der Waals surface area contributed by atoms with Crippen LogP contribution in [0.25, 0.3) is 0 Å². The van der Waals surface area contributed by atoms with Crippen molar-refractivity contribution in [1.29, 1.82) is 0 Å². The van der Waals surface area contributed by atoms with Gasteiger partial charge in [-0.3, -0.25) is 0 Å². The summed E-state index contributed by atoms with van der Waals surface area (Å²) in [5.41, 5.74) is 0. The van der Waals surface area contributed by atoms with E-state index in [0.717, 1.165) is 25.8 Å². The van der Waals surface area contributed by atoms with Crippen LogP contribution in [0.5, 0.6) is 0 Å². The van der Waals surface area contributed by atoms with Crippen LogP contribution in [0.1, 0.15) is 33.1 Å². The Balaban J connectivity index is 2.58. The molecular formula is C11H24N2O2S. The Bertz CT molecular complexity index is 303. The smallest absolute Gasteiger partial charge is 0.217 e. The standard InChI is InChI=1S/C11H24N2O2S/c1-4-5-11-6-7-13(9-11)16(14,15)10(2)8-12-3/h10-12H,4-9H2,1-3H3. The Morgan fingerprint density at radius 1 is 1.50 bits per heavy atom. The highest BCUT2D eigenvalue weighted by Crippen LogP contribution is 2.24. The molecule has 0 radical (unpaired) electrons. The van der Waals surface area contributed by atoms with Gasteiger partial charge in [0.2, 0.25) is 10.0 Å². The van der Waals surface area contributed by atoms with Crippen molar-refractivity contribution in [3.63, 3.8) is 0 Å². The van der Waals surface area contributed by atoms with Crippen molar-refractivity contribution in [2.45, 2.75) is 38.4 Å². The molecule has 2 atom stereocenters. The van der Waals surface area contributed by atoms with E-state index in [1.807, 2.05) is 0 Å². The first-order valence-electron chi connectivity index (χ1n) is 6.16. The lowest BCUT2D eigenvalue weighted by molar-refractivity contribution is 0.437. The summed E-state index contributed by atoms with van der Waals surface area (Å²) in [4.78, 5) is 0. The zero-order valence-electron chi connectivity index (χ0n) is 10.6. The molecule has 1 saturated heterocycles. The summed E-state index contributed by atoms with van der Waals surface area (Å²) in [6, 6.07) is 0. The van der Waals surface area contributed by atoms with Crippen LogP contribution in [-0.4, -0.2) is 44.7 Å². The molecule has 0 bridgehead atoms. The molecule has 5 heteroatoms. The predicted octanol–water partition coefficient (Wildman–Crippen LogP) is 1.05. The zero-order chi connectivity index (χ0) is 12.2. The summed E-state index contributed by atoms with van der Waals surface area (Å²) < 4.78 is 26.0. The predicted molar refractivity (Wildman–Crippen MR) is 66.9 cm³/mol. The van der Waals surface area contributed by atoms with Crippen molar-refractivity contribution in [1.82, 2.24) is 9.62 Å². The number of sulfonamides is 1. The van der Waals surface area contributed by atoms with Gasteiger partial charge in [0.25, 0.3) is 0 Å². The highest BCUT2D eigenvalue weighted by atomic mass is 32.2. The fourth-order valence-corrected chi connectivity index (χ4v) is 3.98. The summed E-state index contributed by atoms with van der Waals surface area (Å²) in [5, 5.41) is 2.61. The normalized spacial score (nSPS) is 24.8. The molecule has 16 heavy (non-hydrogen) atoms. The minimum absolute atomic E-state index is 0.321. The van der Waals surface area contributed by atoms with E-state index in [1.54, 1.807) is 18.3 Å². The highest BCUT2D eigenvalue weighted by molar-refractivity contribution is 7.89. The van der Waals surface area contributed by atoms with Gasteiger partial charge in [0, 0.05) is 19.6 Å². The number of hydrogen-bond donors (Lipinski definition) is 1. The van der Waals surface area contributed by atoms with Crippen molar-refractivity contribution < 1.29 is 8.42 Å². The molecular weight excluding hydrogens is 224 g/mol. The van der Waals surface area contributed by atoms with Crippen LogP contribution < -0.4 is 5.32 Å². The molecule has 0 aliphatic carbocycles. The first-order valence-corrected chi connectivity index (χ1v) is 7.66. The van der Waals surface area contributed by atoms with E-state index in [9.17, 15) is 8.42 Å².